The van der Waals surface area contributed by atoms with Gasteiger partial charge >= 0.3 is 0 Å². The van der Waals surface area contributed by atoms with Gasteiger partial charge in [-0.2, -0.15) is 0 Å². The highest BCUT2D eigenvalue weighted by molar-refractivity contribution is 7.16. The van der Waals surface area contributed by atoms with Gasteiger partial charge < -0.3 is 11.1 Å². The number of thiophene rings is 1. The molecule has 0 bridgehead atoms. The summed E-state index contributed by atoms with van der Waals surface area (Å²) >= 11 is 7.30. The summed E-state index contributed by atoms with van der Waals surface area (Å²) in [7, 11) is 0. The minimum Gasteiger partial charge on any atom is -0.347 e. The second-order valence-corrected chi connectivity index (χ2v) is 5.74. The van der Waals surface area contributed by atoms with Crippen LogP contribution in [0.5, 0.6) is 0 Å². The van der Waals surface area contributed by atoms with Gasteiger partial charge in [0, 0.05) is 4.88 Å². The lowest BCUT2D eigenvalue weighted by Crippen LogP contribution is -2.43. The first-order chi connectivity index (χ1) is 7.01. The maximum Gasteiger partial charge on any atom is 0.240 e. The maximum atomic E-state index is 11.7. The average Bonchev–Trinajstić information content (AvgIpc) is 2.77. The smallest absolute Gasteiger partial charge is 0.240 e. The second-order valence-electron chi connectivity index (χ2n) is 3.99. The van der Waals surface area contributed by atoms with Gasteiger partial charge in [-0.05, 0) is 31.9 Å². The summed E-state index contributed by atoms with van der Waals surface area (Å²) < 4.78 is 0.736. The average molecular weight is 245 g/mol. The molecule has 82 valence electrons. The molecule has 0 spiro atoms. The number of halogens is 1. The molecule has 0 saturated heterocycles. The van der Waals surface area contributed by atoms with Gasteiger partial charge in [-0.1, -0.05) is 11.6 Å². The van der Waals surface area contributed by atoms with E-state index in [-0.39, 0.29) is 11.9 Å². The van der Waals surface area contributed by atoms with Crippen LogP contribution in [0.1, 0.15) is 30.7 Å². The van der Waals surface area contributed by atoms with Crippen LogP contribution < -0.4 is 11.1 Å². The van der Waals surface area contributed by atoms with Crippen LogP contribution in [0.3, 0.4) is 0 Å². The molecule has 0 aliphatic heterocycles. The lowest BCUT2D eigenvalue weighted by atomic mass is 10.2. The summed E-state index contributed by atoms with van der Waals surface area (Å²) in [5.41, 5.74) is 5.19. The molecule has 1 amide bonds. The van der Waals surface area contributed by atoms with Crippen molar-refractivity contribution in [2.75, 3.05) is 0 Å². The summed E-state index contributed by atoms with van der Waals surface area (Å²) in [6, 6.07) is 3.74. The van der Waals surface area contributed by atoms with Crippen molar-refractivity contribution in [2.24, 2.45) is 5.73 Å². The van der Waals surface area contributed by atoms with Gasteiger partial charge in [0.25, 0.3) is 0 Å². The van der Waals surface area contributed by atoms with Gasteiger partial charge in [-0.15, -0.1) is 11.3 Å². The molecule has 1 atom stereocenters. The van der Waals surface area contributed by atoms with Crippen molar-refractivity contribution in [1.82, 2.24) is 5.32 Å². The Morgan fingerprint density at radius 2 is 2.33 bits per heavy atom. The molecule has 2 rings (SSSR count). The van der Waals surface area contributed by atoms with E-state index in [1.807, 2.05) is 19.1 Å². The zero-order valence-electron chi connectivity index (χ0n) is 8.42. The van der Waals surface area contributed by atoms with Crippen LogP contribution in [0.15, 0.2) is 12.1 Å². The van der Waals surface area contributed by atoms with E-state index in [1.54, 1.807) is 0 Å². The van der Waals surface area contributed by atoms with Crippen molar-refractivity contribution in [3.8, 4) is 0 Å². The number of carbonyl (C=O) groups excluding carboxylic acids is 1. The molecular weight excluding hydrogens is 232 g/mol. The highest BCUT2D eigenvalue weighted by Gasteiger charge is 2.46. The van der Waals surface area contributed by atoms with Gasteiger partial charge in [-0.3, -0.25) is 4.79 Å². The Labute approximate surface area is 97.6 Å². The number of carbonyl (C=O) groups is 1. The minimum atomic E-state index is -0.602. The van der Waals surface area contributed by atoms with Crippen molar-refractivity contribution in [1.29, 1.82) is 0 Å². The normalized spacial score (nSPS) is 19.7. The Kier molecular flexibility index (Phi) is 2.75. The molecule has 1 heterocycles. The van der Waals surface area contributed by atoms with E-state index < -0.39 is 5.54 Å². The molecule has 1 aromatic rings. The van der Waals surface area contributed by atoms with Crippen LogP contribution in [0.25, 0.3) is 0 Å². The second kappa shape index (κ2) is 3.77. The first-order valence-corrected chi connectivity index (χ1v) is 6.06. The van der Waals surface area contributed by atoms with E-state index in [2.05, 4.69) is 5.32 Å². The molecule has 3 N–H and O–H groups in total. The molecule has 0 aromatic carbocycles. The van der Waals surface area contributed by atoms with E-state index in [9.17, 15) is 4.79 Å². The van der Waals surface area contributed by atoms with Crippen molar-refractivity contribution in [3.63, 3.8) is 0 Å². The Morgan fingerprint density at radius 1 is 1.67 bits per heavy atom. The number of rotatable bonds is 3. The molecule has 1 saturated carbocycles. The first kappa shape index (κ1) is 10.9. The third-order valence-electron chi connectivity index (χ3n) is 2.61. The number of nitrogens with one attached hydrogen (secondary N) is 1. The Morgan fingerprint density at radius 3 is 2.80 bits per heavy atom. The van der Waals surface area contributed by atoms with E-state index in [4.69, 9.17) is 17.3 Å². The molecule has 1 aromatic heterocycles. The number of amides is 1. The fourth-order valence-corrected chi connectivity index (χ4v) is 2.40. The van der Waals surface area contributed by atoms with Crippen molar-refractivity contribution in [2.45, 2.75) is 31.3 Å². The maximum absolute atomic E-state index is 11.7. The molecule has 1 unspecified atom stereocenters. The van der Waals surface area contributed by atoms with Gasteiger partial charge in [0.05, 0.1) is 15.9 Å². The van der Waals surface area contributed by atoms with Crippen LogP contribution in [-0.4, -0.2) is 11.4 Å². The fraction of sp³-hybridized carbons (Fsp3) is 0.500. The van der Waals surface area contributed by atoms with Gasteiger partial charge in [0.2, 0.25) is 5.91 Å². The Hall–Kier alpha value is -0.580. The number of hydrogen-bond acceptors (Lipinski definition) is 3. The predicted octanol–water partition coefficient (Wildman–Crippen LogP) is 2.07. The molecule has 1 fully saturated rings. The Balaban J connectivity index is 1.97. The number of nitrogens with two attached hydrogens (primary N) is 1. The van der Waals surface area contributed by atoms with Crippen LogP contribution in [0.4, 0.5) is 0 Å². The van der Waals surface area contributed by atoms with Crippen LogP contribution in [0.2, 0.25) is 4.34 Å². The topological polar surface area (TPSA) is 55.1 Å². The van der Waals surface area contributed by atoms with Crippen LogP contribution in [0, 0.1) is 0 Å². The largest absolute Gasteiger partial charge is 0.347 e. The summed E-state index contributed by atoms with van der Waals surface area (Å²) in [5, 5.41) is 2.90. The van der Waals surface area contributed by atoms with Crippen molar-refractivity contribution < 1.29 is 4.79 Å². The molecular formula is C10H13ClN2OS. The van der Waals surface area contributed by atoms with Gasteiger partial charge in [0.15, 0.2) is 0 Å². The Bertz CT molecular complexity index is 387. The summed E-state index contributed by atoms with van der Waals surface area (Å²) in [4.78, 5) is 12.7. The van der Waals surface area contributed by atoms with Crippen molar-refractivity contribution in [3.05, 3.63) is 21.3 Å². The lowest BCUT2D eigenvalue weighted by Gasteiger charge is -2.15. The summed E-state index contributed by atoms with van der Waals surface area (Å²) in [6.45, 7) is 1.94. The monoisotopic (exact) mass is 244 g/mol. The van der Waals surface area contributed by atoms with Crippen LogP contribution >= 0.6 is 22.9 Å². The molecule has 0 radical (unpaired) electrons. The summed E-state index contributed by atoms with van der Waals surface area (Å²) in [5.74, 6) is -0.0560. The minimum absolute atomic E-state index is 0.0176. The highest BCUT2D eigenvalue weighted by Crippen LogP contribution is 2.33. The summed E-state index contributed by atoms with van der Waals surface area (Å²) in [6.07, 6.45) is 1.58. The van der Waals surface area contributed by atoms with Gasteiger partial charge in [-0.25, -0.2) is 0 Å². The van der Waals surface area contributed by atoms with Gasteiger partial charge in [0.1, 0.15) is 0 Å². The first-order valence-electron chi connectivity index (χ1n) is 4.86. The third-order valence-corrected chi connectivity index (χ3v) is 4.02. The number of hydrogen-bond donors (Lipinski definition) is 2. The molecule has 1 aliphatic rings. The van der Waals surface area contributed by atoms with Crippen molar-refractivity contribution >= 4 is 28.8 Å². The van der Waals surface area contributed by atoms with Crippen LogP contribution in [-0.2, 0) is 4.79 Å². The van der Waals surface area contributed by atoms with E-state index in [0.29, 0.717) is 0 Å². The highest BCUT2D eigenvalue weighted by atomic mass is 35.5. The zero-order valence-corrected chi connectivity index (χ0v) is 9.99. The predicted molar refractivity (Wildman–Crippen MR) is 62.0 cm³/mol. The zero-order chi connectivity index (χ0) is 11.1. The molecule has 3 nitrogen and oxygen atoms in total. The third kappa shape index (κ3) is 2.33. The molecule has 5 heteroatoms. The standard InChI is InChI=1S/C10H13ClN2OS/c1-6(7-2-3-8(11)15-7)13-9(14)10(12)4-5-10/h2-3,6H,4-5,12H2,1H3,(H,13,14). The lowest BCUT2D eigenvalue weighted by molar-refractivity contribution is -0.123. The van der Waals surface area contributed by atoms with E-state index >= 15 is 0 Å². The van der Waals surface area contributed by atoms with E-state index in [0.717, 1.165) is 22.1 Å². The SMILES string of the molecule is CC(NC(=O)C1(N)CC1)c1ccc(Cl)s1. The quantitative estimate of drug-likeness (QED) is 0.855. The molecule has 1 aliphatic carbocycles. The fourth-order valence-electron chi connectivity index (χ4n) is 1.33. The molecule has 15 heavy (non-hydrogen) atoms. The van der Waals surface area contributed by atoms with E-state index in [1.165, 1.54) is 11.3 Å².